The van der Waals surface area contributed by atoms with E-state index in [-0.39, 0.29) is 23.6 Å². The van der Waals surface area contributed by atoms with Crippen molar-refractivity contribution in [1.82, 2.24) is 4.98 Å². The fraction of sp³-hybridized carbons (Fsp3) is 0.167. The topological polar surface area (TPSA) is 42.0 Å². The number of carbonyl (C=O) groups is 1. The summed E-state index contributed by atoms with van der Waals surface area (Å²) in [4.78, 5) is 17.5. The molecule has 0 saturated heterocycles. The number of carbonyl (C=O) groups excluding carboxylic acids is 1. The second kappa shape index (κ2) is 7.08. The first-order chi connectivity index (χ1) is 14.1. The largest absolute Gasteiger partial charge is 0.302 e. The summed E-state index contributed by atoms with van der Waals surface area (Å²) in [6.07, 6.45) is 0.754. The van der Waals surface area contributed by atoms with E-state index in [1.54, 1.807) is 12.1 Å². The van der Waals surface area contributed by atoms with E-state index < -0.39 is 0 Å². The van der Waals surface area contributed by atoms with E-state index in [0.29, 0.717) is 10.5 Å². The molecule has 0 fully saturated rings. The highest BCUT2D eigenvalue weighted by atomic mass is 32.1. The number of rotatable bonds is 3. The van der Waals surface area contributed by atoms with Crippen LogP contribution in [0.15, 0.2) is 66.0 Å². The second-order valence-corrected chi connectivity index (χ2v) is 8.32. The normalized spacial score (nSPS) is 18.0. The van der Waals surface area contributed by atoms with Gasteiger partial charge in [0.2, 0.25) is 5.91 Å². The molecule has 5 rings (SSSR count). The van der Waals surface area contributed by atoms with Crippen LogP contribution in [0.25, 0.3) is 22.0 Å². The molecule has 0 saturated carbocycles. The van der Waals surface area contributed by atoms with Crippen LogP contribution >= 0.6 is 11.3 Å². The molecule has 29 heavy (non-hydrogen) atoms. The zero-order chi connectivity index (χ0) is 20.0. The van der Waals surface area contributed by atoms with Crippen molar-refractivity contribution in [2.24, 2.45) is 5.92 Å². The number of benzene rings is 3. The highest BCUT2D eigenvalue weighted by Gasteiger charge is 2.34. The van der Waals surface area contributed by atoms with Crippen LogP contribution < -0.4 is 5.32 Å². The third-order valence-electron chi connectivity index (χ3n) is 5.81. The minimum atomic E-state index is -0.247. The van der Waals surface area contributed by atoms with Crippen LogP contribution in [0.5, 0.6) is 0 Å². The van der Waals surface area contributed by atoms with Crippen LogP contribution in [0.4, 0.5) is 9.52 Å². The Morgan fingerprint density at radius 1 is 1.07 bits per heavy atom. The maximum Gasteiger partial charge on any atom is 0.230 e. The van der Waals surface area contributed by atoms with Crippen molar-refractivity contribution in [2.45, 2.75) is 19.3 Å². The highest BCUT2D eigenvalue weighted by molar-refractivity contribution is 7.14. The molecular formula is C24H19FN2OS. The SMILES string of the molecule is C[C@H]1c2ccccc2C[C@H]1C(=O)Nc1nc(-c2ccc(F)c3ccccc23)cs1. The number of nitrogens with one attached hydrogen (secondary N) is 1. The number of fused-ring (bicyclic) bond motifs is 2. The molecule has 1 aliphatic rings. The van der Waals surface area contributed by atoms with Gasteiger partial charge in [0.25, 0.3) is 0 Å². The lowest BCUT2D eigenvalue weighted by atomic mass is 9.94. The van der Waals surface area contributed by atoms with Gasteiger partial charge in [0.05, 0.1) is 5.69 Å². The Kier molecular flexibility index (Phi) is 4.40. The van der Waals surface area contributed by atoms with Gasteiger partial charge in [-0.05, 0) is 41.0 Å². The Morgan fingerprint density at radius 3 is 2.66 bits per heavy atom. The first-order valence-electron chi connectivity index (χ1n) is 9.63. The maximum atomic E-state index is 14.1. The van der Waals surface area contributed by atoms with Crippen LogP contribution in [0, 0.1) is 11.7 Å². The lowest BCUT2D eigenvalue weighted by Gasteiger charge is -2.14. The van der Waals surface area contributed by atoms with Gasteiger partial charge in [-0.25, -0.2) is 9.37 Å². The van der Waals surface area contributed by atoms with E-state index in [0.717, 1.165) is 23.1 Å². The van der Waals surface area contributed by atoms with E-state index in [1.165, 1.54) is 28.5 Å². The molecule has 144 valence electrons. The monoisotopic (exact) mass is 402 g/mol. The zero-order valence-electron chi connectivity index (χ0n) is 15.9. The van der Waals surface area contributed by atoms with Gasteiger partial charge in [0.15, 0.2) is 5.13 Å². The average Bonchev–Trinajstić information content (AvgIpc) is 3.33. The lowest BCUT2D eigenvalue weighted by Crippen LogP contribution is -2.25. The summed E-state index contributed by atoms with van der Waals surface area (Å²) in [5, 5.41) is 6.85. The molecule has 0 bridgehead atoms. The fourth-order valence-corrected chi connectivity index (χ4v) is 4.97. The molecule has 5 heteroatoms. The number of nitrogens with zero attached hydrogens (tertiary/aromatic N) is 1. The molecular weight excluding hydrogens is 383 g/mol. The quantitative estimate of drug-likeness (QED) is 0.455. The standard InChI is InChI=1S/C24H19FN2OS/c1-14-16-7-3-2-6-15(16)12-20(14)23(28)27-24-26-22(13-29-24)19-10-11-21(25)18-9-5-4-8-17(18)19/h2-11,13-14,20H,12H2,1H3,(H,26,27,28)/t14-,20+/m0/s1. The molecule has 1 N–H and O–H groups in total. The summed E-state index contributed by atoms with van der Waals surface area (Å²) in [7, 11) is 0. The van der Waals surface area contributed by atoms with Gasteiger partial charge in [0, 0.05) is 22.2 Å². The third-order valence-corrected chi connectivity index (χ3v) is 6.56. The Hall–Kier alpha value is -3.05. The first kappa shape index (κ1) is 18.0. The van der Waals surface area contributed by atoms with Crippen LogP contribution in [0.3, 0.4) is 0 Å². The van der Waals surface area contributed by atoms with Crippen molar-refractivity contribution >= 4 is 33.1 Å². The zero-order valence-corrected chi connectivity index (χ0v) is 16.7. The Labute approximate surface area is 172 Å². The fourth-order valence-electron chi connectivity index (χ4n) is 4.25. The molecule has 3 aromatic carbocycles. The number of thiazole rings is 1. The van der Waals surface area contributed by atoms with Crippen LogP contribution in [0.1, 0.15) is 24.0 Å². The molecule has 4 aromatic rings. The minimum absolute atomic E-state index is 0.00133. The van der Waals surface area contributed by atoms with E-state index in [9.17, 15) is 9.18 Å². The summed E-state index contributed by atoms with van der Waals surface area (Å²) in [5.74, 6) is -0.153. The summed E-state index contributed by atoms with van der Waals surface area (Å²) < 4.78 is 14.1. The predicted molar refractivity (Wildman–Crippen MR) is 116 cm³/mol. The number of halogens is 1. The minimum Gasteiger partial charge on any atom is -0.302 e. The molecule has 2 atom stereocenters. The van der Waals surface area contributed by atoms with Gasteiger partial charge < -0.3 is 5.32 Å². The van der Waals surface area contributed by atoms with Gasteiger partial charge in [-0.2, -0.15) is 0 Å². The molecule has 0 unspecified atom stereocenters. The van der Waals surface area contributed by atoms with E-state index in [2.05, 4.69) is 29.4 Å². The number of hydrogen-bond donors (Lipinski definition) is 1. The average molecular weight is 402 g/mol. The lowest BCUT2D eigenvalue weighted by molar-refractivity contribution is -0.120. The Morgan fingerprint density at radius 2 is 1.83 bits per heavy atom. The summed E-state index contributed by atoms with van der Waals surface area (Å²) in [6.45, 7) is 2.11. The molecule has 0 spiro atoms. The molecule has 0 radical (unpaired) electrons. The van der Waals surface area contributed by atoms with Crippen LogP contribution in [-0.4, -0.2) is 10.9 Å². The Bertz CT molecular complexity index is 1230. The van der Waals surface area contributed by atoms with E-state index in [4.69, 9.17) is 0 Å². The van der Waals surface area contributed by atoms with Gasteiger partial charge in [0.1, 0.15) is 5.82 Å². The van der Waals surface area contributed by atoms with Gasteiger partial charge in [-0.15, -0.1) is 11.3 Å². The van der Waals surface area contributed by atoms with Crippen molar-refractivity contribution in [3.63, 3.8) is 0 Å². The number of anilines is 1. The van der Waals surface area contributed by atoms with E-state index >= 15 is 0 Å². The Balaban J connectivity index is 1.39. The number of hydrogen-bond acceptors (Lipinski definition) is 3. The third kappa shape index (κ3) is 3.12. The molecule has 1 amide bonds. The summed E-state index contributed by atoms with van der Waals surface area (Å²) in [6, 6.07) is 18.8. The first-order valence-corrected chi connectivity index (χ1v) is 10.5. The molecule has 1 heterocycles. The van der Waals surface area contributed by atoms with Crippen molar-refractivity contribution in [2.75, 3.05) is 5.32 Å². The van der Waals surface area contributed by atoms with E-state index in [1.807, 2.05) is 35.7 Å². The van der Waals surface area contributed by atoms with Crippen molar-refractivity contribution < 1.29 is 9.18 Å². The van der Waals surface area contributed by atoms with Gasteiger partial charge >= 0.3 is 0 Å². The second-order valence-electron chi connectivity index (χ2n) is 7.47. The highest BCUT2D eigenvalue weighted by Crippen LogP contribution is 2.38. The number of amides is 1. The molecule has 1 aliphatic carbocycles. The van der Waals surface area contributed by atoms with Crippen molar-refractivity contribution in [3.8, 4) is 11.3 Å². The maximum absolute atomic E-state index is 14.1. The summed E-state index contributed by atoms with van der Waals surface area (Å²) >= 11 is 1.39. The predicted octanol–water partition coefficient (Wildman–Crippen LogP) is 6.02. The molecule has 0 aliphatic heterocycles. The van der Waals surface area contributed by atoms with Crippen LogP contribution in [-0.2, 0) is 11.2 Å². The molecule has 1 aromatic heterocycles. The van der Waals surface area contributed by atoms with Crippen molar-refractivity contribution in [3.05, 3.63) is 83.0 Å². The van der Waals surface area contributed by atoms with Gasteiger partial charge in [-0.3, -0.25) is 4.79 Å². The summed E-state index contributed by atoms with van der Waals surface area (Å²) in [5.41, 5.74) is 4.10. The van der Waals surface area contributed by atoms with Crippen molar-refractivity contribution in [1.29, 1.82) is 0 Å². The smallest absolute Gasteiger partial charge is 0.230 e. The molecule has 3 nitrogen and oxygen atoms in total. The van der Waals surface area contributed by atoms with Crippen LogP contribution in [0.2, 0.25) is 0 Å². The number of aromatic nitrogens is 1. The van der Waals surface area contributed by atoms with Gasteiger partial charge in [-0.1, -0.05) is 55.5 Å².